The maximum atomic E-state index is 4.12. The Labute approximate surface area is 63.9 Å². The third-order valence-electron chi connectivity index (χ3n) is 1.23. The third kappa shape index (κ3) is 5.54. The van der Waals surface area contributed by atoms with Crippen LogP contribution >= 0.6 is 0 Å². The molecule has 0 saturated heterocycles. The van der Waals surface area contributed by atoms with Crippen LogP contribution in [0.1, 0.15) is 40.0 Å². The molecule has 10 heavy (non-hydrogen) atoms. The molecule has 0 fully saturated rings. The van der Waals surface area contributed by atoms with Gasteiger partial charge in [0.15, 0.2) is 0 Å². The van der Waals surface area contributed by atoms with E-state index in [1.807, 2.05) is 12.4 Å². The molecule has 0 radical (unpaired) electrons. The molecule has 0 aliphatic heterocycles. The molecule has 0 aromatic carbocycles. The van der Waals surface area contributed by atoms with E-state index in [2.05, 4.69) is 25.8 Å². The van der Waals surface area contributed by atoms with E-state index in [0.29, 0.717) is 0 Å². The van der Waals surface area contributed by atoms with Crippen molar-refractivity contribution in [2.75, 3.05) is 0 Å². The van der Waals surface area contributed by atoms with Crippen molar-refractivity contribution in [1.82, 2.24) is 0 Å². The Morgan fingerprint density at radius 1 is 1.40 bits per heavy atom. The summed E-state index contributed by atoms with van der Waals surface area (Å²) >= 11 is 0. The van der Waals surface area contributed by atoms with Crippen LogP contribution in [0.4, 0.5) is 0 Å². The van der Waals surface area contributed by atoms with E-state index in [-0.39, 0.29) is 0 Å². The van der Waals surface area contributed by atoms with Gasteiger partial charge in [0.05, 0.1) is 0 Å². The highest BCUT2D eigenvalue weighted by atomic mass is 14.7. The second-order valence-electron chi connectivity index (χ2n) is 2.47. The molecule has 0 bridgehead atoms. The van der Waals surface area contributed by atoms with E-state index in [4.69, 9.17) is 0 Å². The van der Waals surface area contributed by atoms with Gasteiger partial charge in [-0.25, -0.2) is 0 Å². The van der Waals surface area contributed by atoms with E-state index >= 15 is 0 Å². The molecular formula is C9H17N. The van der Waals surface area contributed by atoms with Crippen molar-refractivity contribution in [3.8, 4) is 0 Å². The van der Waals surface area contributed by atoms with Crippen molar-refractivity contribution in [2.45, 2.75) is 40.0 Å². The number of nitrogens with zero attached hydrogens (tertiary/aromatic N) is 1. The normalized spacial score (nSPS) is 12.9. The van der Waals surface area contributed by atoms with Gasteiger partial charge in [-0.05, 0) is 19.8 Å². The van der Waals surface area contributed by atoms with Crippen LogP contribution in [-0.2, 0) is 0 Å². The first-order valence-electron chi connectivity index (χ1n) is 3.98. The minimum absolute atomic E-state index is 1.02. The highest BCUT2D eigenvalue weighted by molar-refractivity contribution is 5.57. The summed E-state index contributed by atoms with van der Waals surface area (Å²) in [5.41, 5.74) is 1.37. The van der Waals surface area contributed by atoms with Crippen molar-refractivity contribution < 1.29 is 0 Å². The van der Waals surface area contributed by atoms with Gasteiger partial charge in [0.2, 0.25) is 0 Å². The van der Waals surface area contributed by atoms with Crippen LogP contribution in [0.25, 0.3) is 0 Å². The molecule has 58 valence electrons. The molecule has 0 saturated carbocycles. The molecule has 1 nitrogen and oxygen atoms in total. The molecule has 0 N–H and O–H groups in total. The summed E-state index contributed by atoms with van der Waals surface area (Å²) in [4.78, 5) is 4.12. The maximum Gasteiger partial charge on any atom is 0.0253 e. The van der Waals surface area contributed by atoms with Gasteiger partial charge in [-0.15, -0.1) is 0 Å². The van der Waals surface area contributed by atoms with Crippen molar-refractivity contribution in [2.24, 2.45) is 4.99 Å². The van der Waals surface area contributed by atoms with Crippen LogP contribution in [0, 0.1) is 0 Å². The van der Waals surface area contributed by atoms with Crippen LogP contribution in [0.5, 0.6) is 0 Å². The van der Waals surface area contributed by atoms with Crippen molar-refractivity contribution in [3.05, 3.63) is 11.8 Å². The van der Waals surface area contributed by atoms with Crippen LogP contribution in [-0.4, -0.2) is 6.21 Å². The summed E-state index contributed by atoms with van der Waals surface area (Å²) in [6.45, 7) is 6.39. The van der Waals surface area contributed by atoms with E-state index < -0.39 is 0 Å². The Morgan fingerprint density at radius 3 is 2.60 bits per heavy atom. The molecule has 0 atom stereocenters. The smallest absolute Gasteiger partial charge is 0.0253 e. The predicted molar refractivity (Wildman–Crippen MR) is 47.4 cm³/mol. The van der Waals surface area contributed by atoms with Crippen LogP contribution in [0.3, 0.4) is 0 Å². The van der Waals surface area contributed by atoms with Gasteiger partial charge in [-0.1, -0.05) is 25.8 Å². The van der Waals surface area contributed by atoms with E-state index in [1.165, 1.54) is 18.4 Å². The lowest BCUT2D eigenvalue weighted by Crippen LogP contribution is -1.73. The van der Waals surface area contributed by atoms with Gasteiger partial charge >= 0.3 is 0 Å². The molecule has 0 aromatic heterocycles. The SMILES string of the molecule is CCC=N/C=C(\C)CCC. The standard InChI is InChI=1S/C9H17N/c1-4-6-9(3)8-10-7-5-2/h7-8H,4-6H2,1-3H3/b9-8+,10-7?. The molecule has 0 aliphatic carbocycles. The molecular weight excluding hydrogens is 122 g/mol. The lowest BCUT2D eigenvalue weighted by molar-refractivity contribution is 0.901. The zero-order valence-corrected chi connectivity index (χ0v) is 7.22. The zero-order valence-electron chi connectivity index (χ0n) is 7.22. The van der Waals surface area contributed by atoms with Gasteiger partial charge in [-0.2, -0.15) is 0 Å². The van der Waals surface area contributed by atoms with Crippen molar-refractivity contribution in [1.29, 1.82) is 0 Å². The molecule has 1 heteroatoms. The fraction of sp³-hybridized carbons (Fsp3) is 0.667. The quantitative estimate of drug-likeness (QED) is 0.530. The predicted octanol–water partition coefficient (Wildman–Crippen LogP) is 3.17. The Bertz CT molecular complexity index is 123. The topological polar surface area (TPSA) is 12.4 Å². The highest BCUT2D eigenvalue weighted by Gasteiger charge is 1.82. The minimum Gasteiger partial charge on any atom is -0.269 e. The summed E-state index contributed by atoms with van der Waals surface area (Å²) < 4.78 is 0. The zero-order chi connectivity index (χ0) is 7.82. The number of aliphatic imine (C=N–C) groups is 1. The summed E-state index contributed by atoms with van der Waals surface area (Å²) in [5, 5.41) is 0. The van der Waals surface area contributed by atoms with Crippen LogP contribution in [0.2, 0.25) is 0 Å². The monoisotopic (exact) mass is 139 g/mol. The first-order valence-corrected chi connectivity index (χ1v) is 3.98. The molecule has 0 spiro atoms. The molecule has 0 aliphatic rings. The van der Waals surface area contributed by atoms with Gasteiger partial charge in [-0.3, -0.25) is 4.99 Å². The molecule has 0 amide bonds. The number of allylic oxidation sites excluding steroid dienone is 1. The molecule has 0 unspecified atom stereocenters. The minimum atomic E-state index is 1.02. The average molecular weight is 139 g/mol. The first-order chi connectivity index (χ1) is 4.81. The number of hydrogen-bond donors (Lipinski definition) is 0. The third-order valence-corrected chi connectivity index (χ3v) is 1.23. The van der Waals surface area contributed by atoms with Crippen LogP contribution < -0.4 is 0 Å². The fourth-order valence-corrected chi connectivity index (χ4v) is 0.744. The molecule has 0 aromatic rings. The maximum absolute atomic E-state index is 4.12. The summed E-state index contributed by atoms with van der Waals surface area (Å²) in [6, 6.07) is 0. The number of rotatable bonds is 4. The summed E-state index contributed by atoms with van der Waals surface area (Å²) in [5.74, 6) is 0. The summed E-state index contributed by atoms with van der Waals surface area (Å²) in [6.07, 6.45) is 7.28. The van der Waals surface area contributed by atoms with Crippen molar-refractivity contribution in [3.63, 3.8) is 0 Å². The lowest BCUT2D eigenvalue weighted by Gasteiger charge is -1.92. The lowest BCUT2D eigenvalue weighted by atomic mass is 10.2. The van der Waals surface area contributed by atoms with Crippen LogP contribution in [0.15, 0.2) is 16.8 Å². The van der Waals surface area contributed by atoms with E-state index in [9.17, 15) is 0 Å². The Balaban J connectivity index is 3.56. The largest absolute Gasteiger partial charge is 0.269 e. The van der Waals surface area contributed by atoms with Gasteiger partial charge in [0.25, 0.3) is 0 Å². The summed E-state index contributed by atoms with van der Waals surface area (Å²) in [7, 11) is 0. The average Bonchev–Trinajstić information content (AvgIpc) is 1.89. The molecule has 0 rings (SSSR count). The fourth-order valence-electron chi connectivity index (χ4n) is 0.744. The second kappa shape index (κ2) is 6.53. The second-order valence-corrected chi connectivity index (χ2v) is 2.47. The van der Waals surface area contributed by atoms with E-state index in [0.717, 1.165) is 6.42 Å². The Kier molecular flexibility index (Phi) is 6.14. The van der Waals surface area contributed by atoms with Crippen molar-refractivity contribution >= 4 is 6.21 Å². The highest BCUT2D eigenvalue weighted by Crippen LogP contribution is 2.01. The van der Waals surface area contributed by atoms with E-state index in [1.54, 1.807) is 0 Å². The van der Waals surface area contributed by atoms with Gasteiger partial charge < -0.3 is 0 Å². The van der Waals surface area contributed by atoms with Gasteiger partial charge in [0.1, 0.15) is 0 Å². The Hall–Kier alpha value is -0.590. The number of hydrogen-bond acceptors (Lipinski definition) is 1. The first kappa shape index (κ1) is 9.41. The Morgan fingerprint density at radius 2 is 2.10 bits per heavy atom. The molecule has 0 heterocycles. The van der Waals surface area contributed by atoms with Gasteiger partial charge in [0, 0.05) is 12.4 Å².